The van der Waals surface area contributed by atoms with Crippen molar-refractivity contribution in [3.8, 4) is 11.5 Å². The van der Waals surface area contributed by atoms with Gasteiger partial charge < -0.3 is 14.4 Å². The average Bonchev–Trinajstić information content (AvgIpc) is 2.97. The number of piperidine rings is 1. The van der Waals surface area contributed by atoms with Gasteiger partial charge in [0.2, 0.25) is 5.95 Å². The van der Waals surface area contributed by atoms with Gasteiger partial charge in [-0.2, -0.15) is 0 Å². The van der Waals surface area contributed by atoms with Gasteiger partial charge in [0.25, 0.3) is 5.56 Å². The van der Waals surface area contributed by atoms with Crippen LogP contribution in [0.3, 0.4) is 0 Å². The largest absolute Gasteiger partial charge is 0.493 e. The number of ether oxygens (including phenoxy) is 2. The van der Waals surface area contributed by atoms with Crippen LogP contribution in [0.1, 0.15) is 47.2 Å². The first-order valence-corrected chi connectivity index (χ1v) is 13.8. The molecule has 1 N–H and O–H groups in total. The summed E-state index contributed by atoms with van der Waals surface area (Å²) in [5.74, 6) is 3.08. The van der Waals surface area contributed by atoms with Crippen molar-refractivity contribution in [3.63, 3.8) is 0 Å². The average molecular weight is 513 g/mol. The van der Waals surface area contributed by atoms with Gasteiger partial charge in [0, 0.05) is 42.4 Å². The van der Waals surface area contributed by atoms with Gasteiger partial charge >= 0.3 is 0 Å². The maximum Gasteiger partial charge on any atom is 0.255 e. The van der Waals surface area contributed by atoms with Crippen LogP contribution >= 0.6 is 0 Å². The number of aryl methyl sites for hydroxylation is 1. The number of nitrogens with one attached hydrogen (secondary N) is 1. The Morgan fingerprint density at radius 2 is 1.76 bits per heavy atom. The molecule has 3 aliphatic rings. The van der Waals surface area contributed by atoms with Gasteiger partial charge in [-0.25, -0.2) is 4.98 Å². The Kier molecular flexibility index (Phi) is 6.92. The summed E-state index contributed by atoms with van der Waals surface area (Å²) in [6, 6.07) is 14.9. The molecule has 1 fully saturated rings. The van der Waals surface area contributed by atoms with Gasteiger partial charge in [0.05, 0.1) is 19.9 Å². The van der Waals surface area contributed by atoms with Crippen molar-refractivity contribution in [2.75, 3.05) is 38.8 Å². The molecule has 6 rings (SSSR count). The minimum Gasteiger partial charge on any atom is -0.493 e. The Hall–Kier alpha value is -3.61. The molecule has 7 nitrogen and oxygen atoms in total. The van der Waals surface area contributed by atoms with Gasteiger partial charge in [0.15, 0.2) is 11.5 Å². The number of rotatable bonds is 6. The Bertz CT molecular complexity index is 1390. The fraction of sp³-hybridized carbons (Fsp3) is 0.452. The highest BCUT2D eigenvalue weighted by Gasteiger charge is 2.31. The molecule has 1 unspecified atom stereocenters. The highest BCUT2D eigenvalue weighted by Crippen LogP contribution is 2.36. The molecule has 3 heterocycles. The van der Waals surface area contributed by atoms with Crippen molar-refractivity contribution < 1.29 is 9.47 Å². The maximum atomic E-state index is 13.3. The topological polar surface area (TPSA) is 79.8 Å². The zero-order valence-electron chi connectivity index (χ0n) is 22.3. The molecule has 0 radical (unpaired) electrons. The lowest BCUT2D eigenvalue weighted by molar-refractivity contribution is 0.354. The van der Waals surface area contributed by atoms with Crippen molar-refractivity contribution >= 4 is 11.7 Å². The lowest BCUT2D eigenvalue weighted by atomic mass is 9.79. The van der Waals surface area contributed by atoms with Crippen LogP contribution in [0.2, 0.25) is 0 Å². The fourth-order valence-electron chi connectivity index (χ4n) is 6.38. The summed E-state index contributed by atoms with van der Waals surface area (Å²) in [5.41, 5.74) is 6.63. The number of aromatic nitrogens is 2. The molecule has 1 saturated heterocycles. The molecule has 2 aliphatic heterocycles. The van der Waals surface area contributed by atoms with Crippen LogP contribution in [0, 0.1) is 11.8 Å². The van der Waals surface area contributed by atoms with Gasteiger partial charge in [0.1, 0.15) is 0 Å². The molecular weight excluding hydrogens is 476 g/mol. The van der Waals surface area contributed by atoms with E-state index in [9.17, 15) is 4.79 Å². The van der Waals surface area contributed by atoms with Crippen LogP contribution < -0.4 is 19.9 Å². The minimum atomic E-state index is 0.00468. The molecule has 198 valence electrons. The van der Waals surface area contributed by atoms with Crippen molar-refractivity contribution in [2.45, 2.75) is 44.9 Å². The SMILES string of the molecule is COc1cc2c(cc1OC)C(C1CCc3nc(N4CCC(Cc5ccccc5)CC4)[nH]c(=O)c3C1)=NCC2. The van der Waals surface area contributed by atoms with Gasteiger partial charge in [-0.15, -0.1) is 0 Å². The first-order chi connectivity index (χ1) is 18.6. The van der Waals surface area contributed by atoms with E-state index in [1.165, 1.54) is 11.1 Å². The number of hydrogen-bond acceptors (Lipinski definition) is 6. The van der Waals surface area contributed by atoms with E-state index in [0.717, 1.165) is 92.4 Å². The van der Waals surface area contributed by atoms with E-state index in [2.05, 4.69) is 52.3 Å². The number of aliphatic imine (C=N–C) groups is 1. The van der Waals surface area contributed by atoms with Crippen LogP contribution in [0.5, 0.6) is 11.5 Å². The molecular formula is C31H36N4O3. The molecule has 0 bridgehead atoms. The van der Waals surface area contributed by atoms with Crippen LogP contribution in [0.4, 0.5) is 5.95 Å². The number of fused-ring (bicyclic) bond motifs is 2. The molecule has 3 aromatic rings. The van der Waals surface area contributed by atoms with Crippen molar-refractivity contribution in [1.82, 2.24) is 9.97 Å². The molecule has 7 heteroatoms. The highest BCUT2D eigenvalue weighted by molar-refractivity contribution is 6.05. The maximum absolute atomic E-state index is 13.3. The normalized spacial score (nSPS) is 19.4. The minimum absolute atomic E-state index is 0.00468. The predicted octanol–water partition coefficient (Wildman–Crippen LogP) is 4.40. The lowest BCUT2D eigenvalue weighted by Crippen LogP contribution is -2.38. The van der Waals surface area contributed by atoms with E-state index in [0.29, 0.717) is 18.1 Å². The summed E-state index contributed by atoms with van der Waals surface area (Å²) >= 11 is 0. The highest BCUT2D eigenvalue weighted by atomic mass is 16.5. The Morgan fingerprint density at radius 1 is 1.00 bits per heavy atom. The smallest absolute Gasteiger partial charge is 0.255 e. The van der Waals surface area contributed by atoms with Crippen molar-refractivity contribution in [2.24, 2.45) is 16.8 Å². The van der Waals surface area contributed by atoms with Crippen LogP contribution in [0.15, 0.2) is 52.3 Å². The van der Waals surface area contributed by atoms with Gasteiger partial charge in [-0.05, 0) is 74.1 Å². The Balaban J connectivity index is 1.17. The predicted molar refractivity (Wildman–Crippen MR) is 150 cm³/mol. The number of benzene rings is 2. The molecule has 0 amide bonds. The monoisotopic (exact) mass is 512 g/mol. The summed E-state index contributed by atoms with van der Waals surface area (Å²) < 4.78 is 11.1. The van der Waals surface area contributed by atoms with Crippen molar-refractivity contribution in [3.05, 3.63) is 80.8 Å². The van der Waals surface area contributed by atoms with E-state index in [1.807, 2.05) is 0 Å². The molecule has 1 aromatic heterocycles. The van der Waals surface area contributed by atoms with E-state index in [-0.39, 0.29) is 11.5 Å². The number of anilines is 1. The van der Waals surface area contributed by atoms with Crippen LogP contribution in [0.25, 0.3) is 0 Å². The second-order valence-corrected chi connectivity index (χ2v) is 10.8. The number of methoxy groups -OCH3 is 2. The fourth-order valence-corrected chi connectivity index (χ4v) is 6.38. The summed E-state index contributed by atoms with van der Waals surface area (Å²) in [6.45, 7) is 2.62. The first-order valence-electron chi connectivity index (χ1n) is 13.8. The summed E-state index contributed by atoms with van der Waals surface area (Å²) in [7, 11) is 3.33. The number of aromatic amines is 1. The zero-order valence-corrected chi connectivity index (χ0v) is 22.3. The summed E-state index contributed by atoms with van der Waals surface area (Å²) in [6.07, 6.45) is 6.64. The Morgan fingerprint density at radius 3 is 2.53 bits per heavy atom. The molecule has 0 saturated carbocycles. The van der Waals surface area contributed by atoms with Gasteiger partial charge in [-0.1, -0.05) is 30.3 Å². The van der Waals surface area contributed by atoms with Crippen LogP contribution in [-0.2, 0) is 25.7 Å². The lowest BCUT2D eigenvalue weighted by Gasteiger charge is -2.33. The third-order valence-corrected chi connectivity index (χ3v) is 8.49. The number of hydrogen-bond donors (Lipinski definition) is 1. The summed E-state index contributed by atoms with van der Waals surface area (Å²) in [5, 5.41) is 0. The molecule has 0 spiro atoms. The second kappa shape index (κ2) is 10.6. The quantitative estimate of drug-likeness (QED) is 0.530. The van der Waals surface area contributed by atoms with Crippen molar-refractivity contribution in [1.29, 1.82) is 0 Å². The van der Waals surface area contributed by atoms with Crippen LogP contribution in [-0.4, -0.2) is 49.5 Å². The van der Waals surface area contributed by atoms with E-state index in [4.69, 9.17) is 19.5 Å². The van der Waals surface area contributed by atoms with E-state index in [1.54, 1.807) is 14.2 Å². The third-order valence-electron chi connectivity index (χ3n) is 8.49. The van der Waals surface area contributed by atoms with E-state index < -0.39 is 0 Å². The molecule has 38 heavy (non-hydrogen) atoms. The van der Waals surface area contributed by atoms with E-state index >= 15 is 0 Å². The molecule has 1 atom stereocenters. The third kappa shape index (κ3) is 4.82. The first kappa shape index (κ1) is 24.7. The summed E-state index contributed by atoms with van der Waals surface area (Å²) in [4.78, 5) is 28.6. The Labute approximate surface area is 223 Å². The zero-order chi connectivity index (χ0) is 26.1. The van der Waals surface area contributed by atoms with Gasteiger partial charge in [-0.3, -0.25) is 14.8 Å². The number of H-pyrrole nitrogens is 1. The second-order valence-electron chi connectivity index (χ2n) is 10.8. The molecule has 1 aliphatic carbocycles. The standard InChI is InChI=1S/C31H36N4O3/c1-37-27-18-22-10-13-32-29(24(22)19-28(27)38-2)23-8-9-26-25(17-23)30(36)34-31(33-26)35-14-11-21(12-15-35)16-20-6-4-3-5-7-20/h3-7,18-19,21,23H,8-17H2,1-2H3,(H,33,34,36). The molecule has 2 aromatic carbocycles. The number of nitrogens with zero attached hydrogens (tertiary/aromatic N) is 3.